The van der Waals surface area contributed by atoms with Crippen molar-refractivity contribution in [2.75, 3.05) is 0 Å². The predicted molar refractivity (Wildman–Crippen MR) is 151 cm³/mol. The van der Waals surface area contributed by atoms with Crippen LogP contribution in [-0.2, 0) is 6.42 Å². The summed E-state index contributed by atoms with van der Waals surface area (Å²) in [7, 11) is 0. The van der Waals surface area contributed by atoms with Gasteiger partial charge in [-0.2, -0.15) is 0 Å². The Labute approximate surface area is 209 Å². The van der Waals surface area contributed by atoms with Crippen LogP contribution in [0.5, 0.6) is 0 Å². The number of fused-ring (bicyclic) bond motifs is 6. The first-order valence-corrected chi connectivity index (χ1v) is 14.3. The molecule has 168 valence electrons. The number of benzene rings is 3. The van der Waals surface area contributed by atoms with Gasteiger partial charge in [-0.1, -0.05) is 86.7 Å². The summed E-state index contributed by atoms with van der Waals surface area (Å²) in [5.41, 5.74) is 11.3. The Kier molecular flexibility index (Phi) is 4.82. The van der Waals surface area contributed by atoms with Crippen LogP contribution >= 0.6 is 22.7 Å². The fourth-order valence-electron chi connectivity index (χ4n) is 5.84. The Bertz CT molecular complexity index is 1480. The molecule has 0 radical (unpaired) electrons. The molecule has 0 N–H and O–H groups in total. The first-order chi connectivity index (χ1) is 16.7. The van der Waals surface area contributed by atoms with Crippen LogP contribution in [0.2, 0.25) is 0 Å². The van der Waals surface area contributed by atoms with Gasteiger partial charge in [0.1, 0.15) is 0 Å². The number of thiophene rings is 2. The number of rotatable bonds is 7. The van der Waals surface area contributed by atoms with Crippen LogP contribution in [0.3, 0.4) is 0 Å². The van der Waals surface area contributed by atoms with Crippen molar-refractivity contribution in [2.45, 2.75) is 52.4 Å². The maximum absolute atomic E-state index is 2.50. The molecule has 2 aliphatic rings. The largest absolute Gasteiger partial charge is 0.140 e. The molecule has 0 unspecified atom stereocenters. The van der Waals surface area contributed by atoms with Gasteiger partial charge in [-0.3, -0.25) is 0 Å². The first kappa shape index (κ1) is 20.7. The summed E-state index contributed by atoms with van der Waals surface area (Å²) in [6, 6.07) is 23.4. The monoisotopic (exact) mass is 476 g/mol. The minimum Gasteiger partial charge on any atom is -0.140 e. The van der Waals surface area contributed by atoms with Crippen molar-refractivity contribution in [3.8, 4) is 53.6 Å². The topological polar surface area (TPSA) is 0 Å². The molecule has 0 atom stereocenters. The van der Waals surface area contributed by atoms with Crippen LogP contribution in [0.15, 0.2) is 60.7 Å². The summed E-state index contributed by atoms with van der Waals surface area (Å²) in [6.45, 7) is 4.44. The number of hydrogen-bond donors (Lipinski definition) is 0. The fraction of sp³-hybridized carbons (Fsp3) is 0.250. The van der Waals surface area contributed by atoms with E-state index in [1.54, 1.807) is 4.88 Å². The summed E-state index contributed by atoms with van der Waals surface area (Å²) in [6.07, 6.45) is 7.99. The standard InChI is InChI=1S/C32H28S2/c1-3-4-5-6-7-8-21-17-26-22-13-16-25-30-23(14-15-24(29(22)30)31(26)33-21)27-18-28(34-32(25)27)20-11-9-19(2)10-12-20/h9-18H,3-8H2,1-2H3. The van der Waals surface area contributed by atoms with E-state index in [0.717, 1.165) is 0 Å². The van der Waals surface area contributed by atoms with Crippen molar-refractivity contribution in [1.82, 2.24) is 0 Å². The van der Waals surface area contributed by atoms with E-state index in [-0.39, 0.29) is 0 Å². The van der Waals surface area contributed by atoms with E-state index in [0.29, 0.717) is 0 Å². The maximum atomic E-state index is 2.50. The minimum absolute atomic E-state index is 1.23. The SMILES string of the molecule is CCCCCCCc1cc2c(s1)-c1ccc3c4c(ccc-2c14)-c1sc(-c2ccc(C)cc2)cc1-3. The van der Waals surface area contributed by atoms with Gasteiger partial charge in [0.05, 0.1) is 0 Å². The van der Waals surface area contributed by atoms with E-state index in [4.69, 9.17) is 0 Å². The van der Waals surface area contributed by atoms with Crippen molar-refractivity contribution in [2.24, 2.45) is 0 Å². The Balaban J connectivity index is 1.26. The molecule has 0 nitrogen and oxygen atoms in total. The van der Waals surface area contributed by atoms with E-state index in [1.807, 2.05) is 22.7 Å². The molecule has 2 aromatic heterocycles. The molecule has 34 heavy (non-hydrogen) atoms. The molecule has 0 saturated carbocycles. The highest BCUT2D eigenvalue weighted by Crippen LogP contribution is 2.59. The van der Waals surface area contributed by atoms with Crippen molar-refractivity contribution in [3.63, 3.8) is 0 Å². The molecule has 3 aromatic carbocycles. The summed E-state index contributed by atoms with van der Waals surface area (Å²) in [4.78, 5) is 5.87. The highest BCUT2D eigenvalue weighted by atomic mass is 32.1. The normalized spacial score (nSPS) is 12.5. The zero-order valence-electron chi connectivity index (χ0n) is 19.8. The third-order valence-corrected chi connectivity index (χ3v) is 10.1. The molecule has 0 saturated heterocycles. The molecule has 0 aliphatic heterocycles. The lowest BCUT2D eigenvalue weighted by Crippen LogP contribution is -1.83. The number of hydrogen-bond acceptors (Lipinski definition) is 2. The van der Waals surface area contributed by atoms with Gasteiger partial charge in [0.15, 0.2) is 0 Å². The van der Waals surface area contributed by atoms with Gasteiger partial charge in [0, 0.05) is 41.8 Å². The Morgan fingerprint density at radius 3 is 1.91 bits per heavy atom. The van der Waals surface area contributed by atoms with E-state index >= 15 is 0 Å². The Morgan fingerprint density at radius 2 is 1.21 bits per heavy atom. The van der Waals surface area contributed by atoms with Gasteiger partial charge in [-0.25, -0.2) is 0 Å². The Morgan fingerprint density at radius 1 is 0.588 bits per heavy atom. The third-order valence-electron chi connectivity index (χ3n) is 7.61. The van der Waals surface area contributed by atoms with Crippen LogP contribution < -0.4 is 0 Å². The van der Waals surface area contributed by atoms with Crippen molar-refractivity contribution in [3.05, 3.63) is 71.1 Å². The minimum atomic E-state index is 1.23. The second-order valence-corrected chi connectivity index (χ2v) is 12.1. The molecule has 0 spiro atoms. The number of aryl methyl sites for hydroxylation is 2. The molecule has 2 aliphatic carbocycles. The molecule has 0 amide bonds. The van der Waals surface area contributed by atoms with Gasteiger partial charge in [0.25, 0.3) is 0 Å². The zero-order chi connectivity index (χ0) is 22.8. The fourth-order valence-corrected chi connectivity index (χ4v) is 8.30. The molecular weight excluding hydrogens is 448 g/mol. The second-order valence-electron chi connectivity index (χ2n) is 9.91. The lowest BCUT2D eigenvalue weighted by atomic mass is 9.97. The molecule has 7 rings (SSSR count). The second kappa shape index (κ2) is 7.93. The summed E-state index contributed by atoms with van der Waals surface area (Å²) >= 11 is 3.99. The summed E-state index contributed by atoms with van der Waals surface area (Å²) in [5.74, 6) is 0. The smallest absolute Gasteiger partial charge is 0.0434 e. The van der Waals surface area contributed by atoms with Crippen LogP contribution in [0.4, 0.5) is 0 Å². The van der Waals surface area contributed by atoms with Crippen molar-refractivity contribution in [1.29, 1.82) is 0 Å². The highest BCUT2D eigenvalue weighted by Gasteiger charge is 2.31. The van der Waals surface area contributed by atoms with Gasteiger partial charge in [-0.15, -0.1) is 22.7 Å². The van der Waals surface area contributed by atoms with Crippen LogP contribution in [0, 0.1) is 6.92 Å². The Hall–Kier alpha value is -2.68. The molecule has 0 fully saturated rings. The van der Waals surface area contributed by atoms with Crippen molar-refractivity contribution < 1.29 is 0 Å². The lowest BCUT2D eigenvalue weighted by Gasteiger charge is -2.07. The molecule has 0 bridgehead atoms. The average molecular weight is 477 g/mol. The van der Waals surface area contributed by atoms with Gasteiger partial charge < -0.3 is 0 Å². The van der Waals surface area contributed by atoms with E-state index in [1.165, 1.54) is 108 Å². The number of unbranched alkanes of at least 4 members (excludes halogenated alkanes) is 4. The summed E-state index contributed by atoms with van der Waals surface area (Å²) in [5, 5.41) is 2.97. The highest BCUT2D eigenvalue weighted by molar-refractivity contribution is 7.19. The quantitative estimate of drug-likeness (QED) is 0.201. The van der Waals surface area contributed by atoms with E-state index in [2.05, 4.69) is 74.5 Å². The van der Waals surface area contributed by atoms with Crippen LogP contribution in [0.1, 0.15) is 49.5 Å². The van der Waals surface area contributed by atoms with E-state index < -0.39 is 0 Å². The van der Waals surface area contributed by atoms with Crippen LogP contribution in [0.25, 0.3) is 64.3 Å². The maximum Gasteiger partial charge on any atom is 0.0434 e. The molecule has 2 heterocycles. The van der Waals surface area contributed by atoms with Crippen LogP contribution in [-0.4, -0.2) is 0 Å². The third kappa shape index (κ3) is 3.01. The lowest BCUT2D eigenvalue weighted by molar-refractivity contribution is 0.634. The molecule has 5 aromatic rings. The van der Waals surface area contributed by atoms with Gasteiger partial charge in [0.2, 0.25) is 0 Å². The summed E-state index contributed by atoms with van der Waals surface area (Å²) < 4.78 is 0. The zero-order valence-corrected chi connectivity index (χ0v) is 21.5. The first-order valence-electron chi connectivity index (χ1n) is 12.7. The van der Waals surface area contributed by atoms with Crippen molar-refractivity contribution >= 4 is 33.4 Å². The molecular formula is C32H28S2. The van der Waals surface area contributed by atoms with E-state index in [9.17, 15) is 0 Å². The predicted octanol–water partition coefficient (Wildman–Crippen LogP) is 10.7. The van der Waals surface area contributed by atoms with Gasteiger partial charge >= 0.3 is 0 Å². The molecule has 2 heteroatoms. The average Bonchev–Trinajstić information content (AvgIpc) is 3.59. The van der Waals surface area contributed by atoms with Gasteiger partial charge in [-0.05, 0) is 59.4 Å².